The molecule has 1 unspecified atom stereocenters. The smallest absolute Gasteiger partial charge is 0.410 e. The molecule has 1 fully saturated rings. The molecule has 0 saturated carbocycles. The maximum absolute atomic E-state index is 12.3. The predicted molar refractivity (Wildman–Crippen MR) is 82.8 cm³/mol. The Kier molecular flexibility index (Phi) is 6.03. The van der Waals surface area contributed by atoms with Gasteiger partial charge in [0.05, 0.1) is 11.5 Å². The molecule has 1 N–H and O–H groups in total. The minimum atomic E-state index is -0.463. The van der Waals surface area contributed by atoms with Gasteiger partial charge in [0.15, 0.2) is 0 Å². The Morgan fingerprint density at radius 3 is 2.57 bits per heavy atom. The number of hydrogen-bond donors (Lipinski definition) is 1. The normalized spacial score (nSPS) is 20.0. The van der Waals surface area contributed by atoms with Crippen molar-refractivity contribution >= 4 is 6.09 Å². The first kappa shape index (κ1) is 17.8. The molecule has 5 nitrogen and oxygen atoms in total. The number of carbonyl (C=O) groups is 1. The molecule has 0 bridgehead atoms. The van der Waals surface area contributed by atoms with Crippen LogP contribution in [0.1, 0.15) is 53.9 Å². The van der Waals surface area contributed by atoms with E-state index in [-0.39, 0.29) is 17.6 Å². The Labute approximate surface area is 128 Å². The average molecular weight is 295 g/mol. The minimum absolute atomic E-state index is 0.156. The highest BCUT2D eigenvalue weighted by Gasteiger charge is 2.30. The van der Waals surface area contributed by atoms with Gasteiger partial charge < -0.3 is 15.0 Å². The molecular weight excluding hydrogens is 266 g/mol. The molecule has 5 heteroatoms. The summed E-state index contributed by atoms with van der Waals surface area (Å²) in [6.45, 7) is 11.6. The molecule has 0 spiro atoms. The number of nitriles is 1. The van der Waals surface area contributed by atoms with Crippen molar-refractivity contribution in [2.75, 3.05) is 19.6 Å². The Morgan fingerprint density at radius 2 is 2.00 bits per heavy atom. The molecule has 21 heavy (non-hydrogen) atoms. The molecule has 0 aromatic carbocycles. The summed E-state index contributed by atoms with van der Waals surface area (Å²) in [5.74, 6) is 0. The van der Waals surface area contributed by atoms with Crippen LogP contribution < -0.4 is 5.32 Å². The molecule has 0 aromatic heterocycles. The number of ether oxygens (including phenoxy) is 1. The van der Waals surface area contributed by atoms with E-state index < -0.39 is 5.60 Å². The molecule has 0 aliphatic carbocycles. The average Bonchev–Trinajstić information content (AvgIpc) is 2.37. The first-order chi connectivity index (χ1) is 9.64. The molecule has 1 aliphatic heterocycles. The van der Waals surface area contributed by atoms with E-state index in [1.54, 1.807) is 0 Å². The van der Waals surface area contributed by atoms with Crippen molar-refractivity contribution in [3.63, 3.8) is 0 Å². The highest BCUT2D eigenvalue weighted by molar-refractivity contribution is 5.68. The zero-order valence-corrected chi connectivity index (χ0v) is 14.0. The van der Waals surface area contributed by atoms with Crippen molar-refractivity contribution in [2.24, 2.45) is 5.41 Å². The van der Waals surface area contributed by atoms with Crippen LogP contribution in [0.5, 0.6) is 0 Å². The molecule has 1 atom stereocenters. The second kappa shape index (κ2) is 7.13. The van der Waals surface area contributed by atoms with Crippen LogP contribution in [0.25, 0.3) is 0 Å². The SMILES string of the molecule is CC(C)(C#N)CNCC1CCCCN1C(=O)OC(C)(C)C. The van der Waals surface area contributed by atoms with Crippen LogP contribution >= 0.6 is 0 Å². The molecule has 1 amide bonds. The van der Waals surface area contributed by atoms with E-state index in [2.05, 4.69) is 11.4 Å². The molecule has 120 valence electrons. The van der Waals surface area contributed by atoms with Gasteiger partial charge in [-0.2, -0.15) is 5.26 Å². The number of amides is 1. The summed E-state index contributed by atoms with van der Waals surface area (Å²) >= 11 is 0. The van der Waals surface area contributed by atoms with Crippen LogP contribution in [-0.4, -0.2) is 42.3 Å². The number of carbonyl (C=O) groups excluding carboxylic acids is 1. The fraction of sp³-hybridized carbons (Fsp3) is 0.875. The quantitative estimate of drug-likeness (QED) is 0.866. The number of nitrogens with one attached hydrogen (secondary N) is 1. The maximum Gasteiger partial charge on any atom is 0.410 e. The van der Waals surface area contributed by atoms with E-state index in [0.717, 1.165) is 25.8 Å². The second-order valence-corrected chi connectivity index (χ2v) is 7.45. The van der Waals surface area contributed by atoms with Crippen molar-refractivity contribution in [3.05, 3.63) is 0 Å². The minimum Gasteiger partial charge on any atom is -0.444 e. The summed E-state index contributed by atoms with van der Waals surface area (Å²) < 4.78 is 5.48. The summed E-state index contributed by atoms with van der Waals surface area (Å²) in [5, 5.41) is 12.3. The molecule has 0 aromatic rings. The molecule has 1 aliphatic rings. The summed E-state index contributed by atoms with van der Waals surface area (Å²) in [6.07, 6.45) is 2.92. The van der Waals surface area contributed by atoms with E-state index in [1.807, 2.05) is 39.5 Å². The first-order valence-electron chi connectivity index (χ1n) is 7.76. The lowest BCUT2D eigenvalue weighted by Gasteiger charge is -2.37. The van der Waals surface area contributed by atoms with Gasteiger partial charge in [0.1, 0.15) is 5.60 Å². The number of piperidine rings is 1. The van der Waals surface area contributed by atoms with Gasteiger partial charge in [-0.1, -0.05) is 0 Å². The largest absolute Gasteiger partial charge is 0.444 e. The third-order valence-electron chi connectivity index (χ3n) is 3.50. The zero-order valence-electron chi connectivity index (χ0n) is 14.0. The standard InChI is InChI=1S/C16H29N3O2/c1-15(2,3)21-14(20)19-9-7-6-8-13(19)10-18-12-16(4,5)11-17/h13,18H,6-10,12H2,1-5H3. The molecule has 0 radical (unpaired) electrons. The summed E-state index contributed by atoms with van der Waals surface area (Å²) in [5.41, 5.74) is -0.847. The van der Waals surface area contributed by atoms with Crippen molar-refractivity contribution in [1.29, 1.82) is 5.26 Å². The lowest BCUT2D eigenvalue weighted by Crippen LogP contribution is -2.50. The fourth-order valence-corrected chi connectivity index (χ4v) is 2.36. The van der Waals surface area contributed by atoms with Gasteiger partial charge in [-0.25, -0.2) is 4.79 Å². The molecule has 1 heterocycles. The number of nitrogens with zero attached hydrogens (tertiary/aromatic N) is 2. The van der Waals surface area contributed by atoms with Crippen LogP contribution in [0.15, 0.2) is 0 Å². The van der Waals surface area contributed by atoms with Gasteiger partial charge >= 0.3 is 6.09 Å². The second-order valence-electron chi connectivity index (χ2n) is 7.45. The summed E-state index contributed by atoms with van der Waals surface area (Å²) in [4.78, 5) is 14.1. The summed E-state index contributed by atoms with van der Waals surface area (Å²) in [7, 11) is 0. The van der Waals surface area contributed by atoms with E-state index in [9.17, 15) is 4.79 Å². The van der Waals surface area contributed by atoms with Crippen molar-refractivity contribution < 1.29 is 9.53 Å². The van der Waals surface area contributed by atoms with E-state index in [0.29, 0.717) is 13.1 Å². The van der Waals surface area contributed by atoms with Gasteiger partial charge in [0, 0.05) is 25.7 Å². The topological polar surface area (TPSA) is 65.4 Å². The Balaban J connectivity index is 2.54. The van der Waals surface area contributed by atoms with E-state index in [4.69, 9.17) is 10.00 Å². The van der Waals surface area contributed by atoms with E-state index >= 15 is 0 Å². The lowest BCUT2D eigenvalue weighted by atomic mass is 9.95. The predicted octanol–water partition coefficient (Wildman–Crippen LogP) is 2.92. The van der Waals surface area contributed by atoms with Gasteiger partial charge in [-0.15, -0.1) is 0 Å². The Bertz CT molecular complexity index is 393. The number of hydrogen-bond acceptors (Lipinski definition) is 4. The third-order valence-corrected chi connectivity index (χ3v) is 3.50. The van der Waals surface area contributed by atoms with Crippen LogP contribution in [0.4, 0.5) is 4.79 Å². The summed E-state index contributed by atoms with van der Waals surface area (Å²) in [6, 6.07) is 2.43. The number of rotatable bonds is 4. The molecular formula is C16H29N3O2. The van der Waals surface area contributed by atoms with Crippen LogP contribution in [-0.2, 0) is 4.74 Å². The lowest BCUT2D eigenvalue weighted by molar-refractivity contribution is 0.00985. The fourth-order valence-electron chi connectivity index (χ4n) is 2.36. The first-order valence-corrected chi connectivity index (χ1v) is 7.76. The van der Waals surface area contributed by atoms with Crippen LogP contribution in [0, 0.1) is 16.7 Å². The van der Waals surface area contributed by atoms with Crippen LogP contribution in [0.2, 0.25) is 0 Å². The van der Waals surface area contributed by atoms with E-state index in [1.165, 1.54) is 0 Å². The van der Waals surface area contributed by atoms with Gasteiger partial charge in [-0.3, -0.25) is 0 Å². The Hall–Kier alpha value is -1.28. The van der Waals surface area contributed by atoms with Gasteiger partial charge in [0.2, 0.25) is 0 Å². The van der Waals surface area contributed by atoms with Gasteiger partial charge in [-0.05, 0) is 53.9 Å². The third kappa shape index (κ3) is 6.34. The maximum atomic E-state index is 12.3. The van der Waals surface area contributed by atoms with Gasteiger partial charge in [0.25, 0.3) is 0 Å². The number of likely N-dealkylation sites (tertiary alicyclic amines) is 1. The molecule has 1 saturated heterocycles. The highest BCUT2D eigenvalue weighted by Crippen LogP contribution is 2.20. The highest BCUT2D eigenvalue weighted by atomic mass is 16.6. The monoisotopic (exact) mass is 295 g/mol. The Morgan fingerprint density at radius 1 is 1.33 bits per heavy atom. The van der Waals surface area contributed by atoms with Crippen molar-refractivity contribution in [1.82, 2.24) is 10.2 Å². The molecule has 1 rings (SSSR count). The zero-order chi connectivity index (χ0) is 16.1. The van der Waals surface area contributed by atoms with Crippen LogP contribution in [0.3, 0.4) is 0 Å². The van der Waals surface area contributed by atoms with Crippen molar-refractivity contribution in [3.8, 4) is 6.07 Å². The van der Waals surface area contributed by atoms with Crippen molar-refractivity contribution in [2.45, 2.75) is 65.5 Å².